The van der Waals surface area contributed by atoms with E-state index in [0.717, 1.165) is 11.5 Å². The predicted octanol–water partition coefficient (Wildman–Crippen LogP) is 1.16. The zero-order valence-corrected chi connectivity index (χ0v) is 9.57. The highest BCUT2D eigenvalue weighted by Gasteiger charge is 2.42. The molecule has 0 saturated carbocycles. The van der Waals surface area contributed by atoms with E-state index in [1.165, 1.54) is 10.6 Å². The van der Waals surface area contributed by atoms with Crippen molar-refractivity contribution in [2.24, 2.45) is 0 Å². The first-order valence-electron chi connectivity index (χ1n) is 5.16. The van der Waals surface area contributed by atoms with Crippen molar-refractivity contribution in [2.75, 3.05) is 11.5 Å². The highest BCUT2D eigenvalue weighted by Crippen LogP contribution is 2.32. The van der Waals surface area contributed by atoms with Crippen LogP contribution in [0.5, 0.6) is 0 Å². The molecular weight excluding hydrogens is 226 g/mol. The summed E-state index contributed by atoms with van der Waals surface area (Å²) in [4.78, 5) is 23.2. The Morgan fingerprint density at radius 2 is 2.06 bits per heavy atom. The number of aliphatic carboxylic acids is 1. The van der Waals surface area contributed by atoms with E-state index in [-0.39, 0.29) is 5.56 Å². The summed E-state index contributed by atoms with van der Waals surface area (Å²) < 4.78 is 1.37. The van der Waals surface area contributed by atoms with Gasteiger partial charge in [-0.25, -0.2) is 4.79 Å². The fraction of sp³-hybridized carbons (Fsp3) is 0.455. The average Bonchev–Trinajstić information content (AvgIpc) is 2.30. The highest BCUT2D eigenvalue weighted by molar-refractivity contribution is 7.99. The molecule has 5 heteroatoms. The summed E-state index contributed by atoms with van der Waals surface area (Å²) in [5, 5.41) is 9.40. The first-order chi connectivity index (χ1) is 7.67. The smallest absolute Gasteiger partial charge is 0.330 e. The van der Waals surface area contributed by atoms with Gasteiger partial charge in [-0.1, -0.05) is 6.07 Å². The van der Waals surface area contributed by atoms with Crippen LogP contribution in [0.3, 0.4) is 0 Å². The van der Waals surface area contributed by atoms with Gasteiger partial charge in [0.25, 0.3) is 5.56 Å². The minimum absolute atomic E-state index is 0.239. The van der Waals surface area contributed by atoms with Crippen molar-refractivity contribution in [1.29, 1.82) is 0 Å². The van der Waals surface area contributed by atoms with Gasteiger partial charge in [0.2, 0.25) is 0 Å². The second-order valence-electron chi connectivity index (χ2n) is 3.86. The zero-order valence-electron chi connectivity index (χ0n) is 8.76. The molecule has 0 spiro atoms. The zero-order chi connectivity index (χ0) is 11.6. The lowest BCUT2D eigenvalue weighted by Gasteiger charge is -2.34. The molecular formula is C11H13NO3S. The molecule has 86 valence electrons. The van der Waals surface area contributed by atoms with E-state index < -0.39 is 11.5 Å². The van der Waals surface area contributed by atoms with Crippen molar-refractivity contribution >= 4 is 17.7 Å². The number of thioether (sulfide) groups is 1. The quantitative estimate of drug-likeness (QED) is 0.841. The molecule has 1 N–H and O–H groups in total. The first kappa shape index (κ1) is 11.3. The minimum atomic E-state index is -1.04. The third-order valence-electron chi connectivity index (χ3n) is 3.00. The van der Waals surface area contributed by atoms with Crippen molar-refractivity contribution < 1.29 is 9.90 Å². The molecule has 0 radical (unpaired) electrons. The van der Waals surface area contributed by atoms with E-state index >= 15 is 0 Å². The van der Waals surface area contributed by atoms with E-state index in [1.807, 2.05) is 0 Å². The molecule has 1 saturated heterocycles. The Labute approximate surface area is 97.3 Å². The van der Waals surface area contributed by atoms with Crippen LogP contribution in [-0.2, 0) is 10.3 Å². The van der Waals surface area contributed by atoms with E-state index in [0.29, 0.717) is 12.8 Å². The summed E-state index contributed by atoms with van der Waals surface area (Å²) >= 11 is 1.74. The van der Waals surface area contributed by atoms with Crippen molar-refractivity contribution in [2.45, 2.75) is 18.4 Å². The molecule has 0 unspecified atom stereocenters. The van der Waals surface area contributed by atoms with E-state index in [1.54, 1.807) is 30.1 Å². The van der Waals surface area contributed by atoms with Crippen LogP contribution in [0.1, 0.15) is 12.8 Å². The molecule has 0 atom stereocenters. The van der Waals surface area contributed by atoms with Crippen LogP contribution in [0.15, 0.2) is 29.2 Å². The second-order valence-corrected chi connectivity index (χ2v) is 5.08. The molecule has 2 heterocycles. The number of carboxylic acid groups (broad SMARTS) is 1. The molecule has 1 aliphatic rings. The lowest BCUT2D eigenvalue weighted by Crippen LogP contribution is -2.49. The third-order valence-corrected chi connectivity index (χ3v) is 3.99. The van der Waals surface area contributed by atoms with Gasteiger partial charge in [0, 0.05) is 12.3 Å². The van der Waals surface area contributed by atoms with Crippen LogP contribution < -0.4 is 5.56 Å². The number of hydrogen-bond acceptors (Lipinski definition) is 3. The molecule has 4 nitrogen and oxygen atoms in total. The largest absolute Gasteiger partial charge is 0.479 e. The molecule has 1 aromatic heterocycles. The number of rotatable bonds is 2. The van der Waals surface area contributed by atoms with Gasteiger partial charge in [0.15, 0.2) is 0 Å². The van der Waals surface area contributed by atoms with Crippen LogP contribution >= 0.6 is 11.8 Å². The summed E-state index contributed by atoms with van der Waals surface area (Å²) in [5.41, 5.74) is -1.28. The van der Waals surface area contributed by atoms with Crippen LogP contribution in [0, 0.1) is 0 Å². The Balaban J connectivity index is 2.51. The van der Waals surface area contributed by atoms with Crippen LogP contribution in [-0.4, -0.2) is 27.1 Å². The van der Waals surface area contributed by atoms with Crippen LogP contribution in [0.25, 0.3) is 0 Å². The molecule has 16 heavy (non-hydrogen) atoms. The van der Waals surface area contributed by atoms with Gasteiger partial charge < -0.3 is 5.11 Å². The number of carboxylic acids is 1. The molecule has 0 aromatic carbocycles. The number of hydrogen-bond donors (Lipinski definition) is 1. The molecule has 2 rings (SSSR count). The van der Waals surface area contributed by atoms with Crippen molar-refractivity contribution in [3.8, 4) is 0 Å². The van der Waals surface area contributed by atoms with Gasteiger partial charge in [-0.05, 0) is 30.4 Å². The molecule has 0 aliphatic carbocycles. The fourth-order valence-electron chi connectivity index (χ4n) is 2.05. The van der Waals surface area contributed by atoms with E-state index in [2.05, 4.69) is 0 Å². The lowest BCUT2D eigenvalue weighted by atomic mass is 9.91. The van der Waals surface area contributed by atoms with Gasteiger partial charge in [-0.2, -0.15) is 11.8 Å². The summed E-state index contributed by atoms with van der Waals surface area (Å²) in [6, 6.07) is 4.74. The molecule has 1 fully saturated rings. The van der Waals surface area contributed by atoms with Gasteiger partial charge >= 0.3 is 5.97 Å². The third kappa shape index (κ3) is 1.75. The maximum atomic E-state index is 11.7. The van der Waals surface area contributed by atoms with Crippen LogP contribution in [0.2, 0.25) is 0 Å². The van der Waals surface area contributed by atoms with E-state index in [9.17, 15) is 14.7 Å². The Morgan fingerprint density at radius 1 is 1.38 bits per heavy atom. The lowest BCUT2D eigenvalue weighted by molar-refractivity contribution is -0.148. The van der Waals surface area contributed by atoms with Crippen molar-refractivity contribution in [1.82, 2.24) is 4.57 Å². The average molecular weight is 239 g/mol. The number of aromatic nitrogens is 1. The maximum absolute atomic E-state index is 11.7. The fourth-order valence-corrected chi connectivity index (χ4v) is 3.22. The highest BCUT2D eigenvalue weighted by atomic mass is 32.2. The monoisotopic (exact) mass is 239 g/mol. The molecule has 1 aliphatic heterocycles. The summed E-state index contributed by atoms with van der Waals surface area (Å²) in [7, 11) is 0. The van der Waals surface area contributed by atoms with Gasteiger partial charge in [0.1, 0.15) is 5.54 Å². The Morgan fingerprint density at radius 3 is 2.62 bits per heavy atom. The van der Waals surface area contributed by atoms with E-state index in [4.69, 9.17) is 0 Å². The summed E-state index contributed by atoms with van der Waals surface area (Å²) in [6.07, 6.45) is 2.60. The predicted molar refractivity (Wildman–Crippen MR) is 62.9 cm³/mol. The van der Waals surface area contributed by atoms with Gasteiger partial charge in [-0.3, -0.25) is 9.36 Å². The maximum Gasteiger partial charge on any atom is 0.330 e. The molecule has 0 bridgehead atoms. The SMILES string of the molecule is O=C(O)C1(n2ccccc2=O)CCSCC1. The Hall–Kier alpha value is -1.23. The molecule has 0 amide bonds. The summed E-state index contributed by atoms with van der Waals surface area (Å²) in [5.74, 6) is 0.669. The van der Waals surface area contributed by atoms with Crippen molar-refractivity contribution in [3.05, 3.63) is 34.7 Å². The Kier molecular flexibility index (Phi) is 3.05. The summed E-state index contributed by atoms with van der Waals surface area (Å²) in [6.45, 7) is 0. The van der Waals surface area contributed by atoms with Crippen molar-refractivity contribution in [3.63, 3.8) is 0 Å². The standard InChI is InChI=1S/C11H13NO3S/c13-9-3-1-2-6-12(9)11(10(14)15)4-7-16-8-5-11/h1-3,6H,4-5,7-8H2,(H,14,15). The normalized spacial score (nSPS) is 19.2. The van der Waals surface area contributed by atoms with Gasteiger partial charge in [0.05, 0.1) is 0 Å². The van der Waals surface area contributed by atoms with Crippen LogP contribution in [0.4, 0.5) is 0 Å². The molecule has 1 aromatic rings. The minimum Gasteiger partial charge on any atom is -0.479 e. The second kappa shape index (κ2) is 4.33. The number of carbonyl (C=O) groups is 1. The first-order valence-corrected chi connectivity index (χ1v) is 6.32. The number of nitrogens with zero attached hydrogens (tertiary/aromatic N) is 1. The van der Waals surface area contributed by atoms with Gasteiger partial charge in [-0.15, -0.1) is 0 Å². The topological polar surface area (TPSA) is 59.3 Å². The number of pyridine rings is 1. The Bertz CT molecular complexity index is 449.